The van der Waals surface area contributed by atoms with Crippen LogP contribution >= 0.6 is 7.82 Å². The van der Waals surface area contributed by atoms with Crippen molar-refractivity contribution in [1.82, 2.24) is 19.5 Å². The van der Waals surface area contributed by atoms with Gasteiger partial charge in [0.05, 0.1) is 20.8 Å². The molecule has 3 heterocycles. The first-order valence-electron chi connectivity index (χ1n) is 7.41. The van der Waals surface area contributed by atoms with E-state index >= 15 is 0 Å². The van der Waals surface area contributed by atoms with Crippen LogP contribution in [0.1, 0.15) is 6.23 Å². The molecule has 0 spiro atoms. The molecule has 2 aromatic heterocycles. The number of H-pyrrole nitrogens is 1. The summed E-state index contributed by atoms with van der Waals surface area (Å²) in [7, 11) is -1.94. The molecule has 1 aliphatic rings. The Balaban J connectivity index is 0.00000196. The molecule has 1 saturated heterocycles. The van der Waals surface area contributed by atoms with E-state index in [1.807, 2.05) is 0 Å². The molecule has 0 aromatic carbocycles. The Morgan fingerprint density at radius 1 is 1.36 bits per heavy atom. The monoisotopic (exact) mass is 435 g/mol. The van der Waals surface area contributed by atoms with Crippen molar-refractivity contribution in [3.05, 3.63) is 16.7 Å². The molecule has 144 valence electrons. The summed E-state index contributed by atoms with van der Waals surface area (Å²) in [4.78, 5) is 45.5. The van der Waals surface area contributed by atoms with Crippen LogP contribution in [0.4, 0.5) is 5.95 Å². The summed E-state index contributed by atoms with van der Waals surface area (Å²) >= 11 is 0. The van der Waals surface area contributed by atoms with Gasteiger partial charge in [0.2, 0.25) is 5.95 Å². The first kappa shape index (κ1) is 26.2. The number of aromatic nitrogens is 4. The van der Waals surface area contributed by atoms with Crippen LogP contribution in [0, 0.1) is 0 Å². The van der Waals surface area contributed by atoms with Gasteiger partial charge >= 0.3 is 59.1 Å². The molecule has 13 nitrogen and oxygen atoms in total. The molecule has 0 radical (unpaired) electrons. The molecule has 3 rings (SSSR count). The maximum atomic E-state index is 12.1. The topological polar surface area (TPSA) is 189 Å². The van der Waals surface area contributed by atoms with E-state index in [-0.39, 0.29) is 76.2 Å². The van der Waals surface area contributed by atoms with E-state index in [1.165, 1.54) is 10.9 Å². The number of phosphoric ester groups is 1. The van der Waals surface area contributed by atoms with Gasteiger partial charge in [-0.1, -0.05) is 0 Å². The zero-order valence-electron chi connectivity index (χ0n) is 15.7. The van der Waals surface area contributed by atoms with Crippen molar-refractivity contribution in [3.63, 3.8) is 0 Å². The third-order valence-electron chi connectivity index (χ3n) is 3.85. The second-order valence-electron chi connectivity index (χ2n) is 5.90. The summed E-state index contributed by atoms with van der Waals surface area (Å²) in [5.41, 5.74) is -0.429. The van der Waals surface area contributed by atoms with E-state index in [0.717, 1.165) is 0 Å². The Labute approximate surface area is 202 Å². The van der Waals surface area contributed by atoms with Crippen molar-refractivity contribution in [2.24, 2.45) is 0 Å². The van der Waals surface area contributed by atoms with Gasteiger partial charge in [-0.2, -0.15) is 4.98 Å². The molecule has 2 aromatic rings. The molecule has 1 aliphatic heterocycles. The van der Waals surface area contributed by atoms with Gasteiger partial charge in [0.25, 0.3) is 5.56 Å². The fourth-order valence-corrected chi connectivity index (χ4v) is 2.90. The first-order valence-corrected chi connectivity index (χ1v) is 8.87. The van der Waals surface area contributed by atoms with Gasteiger partial charge in [0.15, 0.2) is 17.4 Å². The van der Waals surface area contributed by atoms with E-state index in [2.05, 4.69) is 19.5 Å². The standard InChI is InChI=1S/C12H18N5O8P.2Na/c1-16(2)12-14-9-6(10(20)15-12)13-4-17(9)11-8(19)7(18)5(25-11)3-24-26(21,22)23;;/h4-5,7-8,11,18-19H,3H2,1-2H3,(H,14,15,20)(H2,21,22,23);;/q;2*+1/p-2/t5-,7-,8-,11-;;/m1../s1. The Morgan fingerprint density at radius 2 is 2.00 bits per heavy atom. The quantitative estimate of drug-likeness (QED) is 0.299. The second kappa shape index (κ2) is 9.96. The van der Waals surface area contributed by atoms with Crippen LogP contribution in [0.2, 0.25) is 0 Å². The normalized spacial score (nSPS) is 24.6. The van der Waals surface area contributed by atoms with Crippen LogP contribution in [0.3, 0.4) is 0 Å². The van der Waals surface area contributed by atoms with Gasteiger partial charge in [-0.3, -0.25) is 14.3 Å². The summed E-state index contributed by atoms with van der Waals surface area (Å²) in [6.45, 7) is -0.761. The van der Waals surface area contributed by atoms with Crippen LogP contribution in [0.5, 0.6) is 0 Å². The SMILES string of the molecule is CN(C)c1nc2c(ncn2[C@@H]2O[C@H](COP(=O)([O-])[O-])[C@@H](O)[C@H]2O)c(=O)[nH]1.[Na+].[Na+]. The minimum Gasteiger partial charge on any atom is -0.790 e. The molecule has 0 unspecified atom stereocenters. The number of nitrogens with zero attached hydrogens (tertiary/aromatic N) is 4. The van der Waals surface area contributed by atoms with E-state index in [4.69, 9.17) is 4.74 Å². The molecule has 3 N–H and O–H groups in total. The van der Waals surface area contributed by atoms with Gasteiger partial charge < -0.3 is 38.7 Å². The zero-order valence-corrected chi connectivity index (χ0v) is 20.6. The average Bonchev–Trinajstić information content (AvgIpc) is 3.08. The Kier molecular flexibility index (Phi) is 9.32. The van der Waals surface area contributed by atoms with Crippen LogP contribution < -0.4 is 79.4 Å². The number of phosphoric acid groups is 1. The summed E-state index contributed by atoms with van der Waals surface area (Å²) in [6.07, 6.45) is -4.33. The number of hydrogen-bond acceptors (Lipinski definition) is 11. The maximum absolute atomic E-state index is 12.1. The summed E-state index contributed by atoms with van der Waals surface area (Å²) in [6, 6.07) is 0. The van der Waals surface area contributed by atoms with Crippen LogP contribution in [0.25, 0.3) is 11.2 Å². The zero-order chi connectivity index (χ0) is 19.2. The summed E-state index contributed by atoms with van der Waals surface area (Å²) in [5, 5.41) is 20.2. The number of aliphatic hydroxyl groups is 2. The van der Waals surface area contributed by atoms with Gasteiger partial charge in [-0.15, -0.1) is 0 Å². The number of imidazole rings is 1. The molecular weight excluding hydrogens is 419 g/mol. The maximum Gasteiger partial charge on any atom is 1.00 e. The third-order valence-corrected chi connectivity index (χ3v) is 4.32. The number of aromatic amines is 1. The van der Waals surface area contributed by atoms with Gasteiger partial charge in [0.1, 0.15) is 18.3 Å². The number of nitrogens with one attached hydrogen (secondary N) is 1. The average molecular weight is 435 g/mol. The van der Waals surface area contributed by atoms with E-state index in [0.29, 0.717) is 0 Å². The molecule has 1 fully saturated rings. The second-order valence-corrected chi connectivity index (χ2v) is 7.05. The molecule has 4 atom stereocenters. The number of hydrogen-bond donors (Lipinski definition) is 3. The number of anilines is 1. The Morgan fingerprint density at radius 3 is 2.57 bits per heavy atom. The van der Waals surface area contributed by atoms with Crippen molar-refractivity contribution in [2.75, 3.05) is 25.6 Å². The molecule has 0 saturated carbocycles. The molecule has 0 amide bonds. The smallest absolute Gasteiger partial charge is 0.790 e. The molecular formula is C12H16N5Na2O8P. The fourth-order valence-electron chi connectivity index (χ4n) is 2.57. The van der Waals surface area contributed by atoms with Crippen LogP contribution in [0.15, 0.2) is 11.1 Å². The fraction of sp³-hybridized carbons (Fsp3) is 0.583. The van der Waals surface area contributed by atoms with Crippen molar-refractivity contribution in [1.29, 1.82) is 0 Å². The van der Waals surface area contributed by atoms with Crippen LogP contribution in [-0.2, 0) is 13.8 Å². The number of fused-ring (bicyclic) bond motifs is 1. The van der Waals surface area contributed by atoms with Crippen LogP contribution in [-0.4, -0.2) is 68.7 Å². The van der Waals surface area contributed by atoms with Crippen molar-refractivity contribution < 1.29 is 92.9 Å². The predicted molar refractivity (Wildman–Crippen MR) is 82.0 cm³/mol. The summed E-state index contributed by atoms with van der Waals surface area (Å²) < 4.78 is 21.3. The molecule has 0 aliphatic carbocycles. The molecule has 16 heteroatoms. The largest absolute Gasteiger partial charge is 1.00 e. The van der Waals surface area contributed by atoms with Gasteiger partial charge in [-0.05, 0) is 0 Å². The minimum absolute atomic E-state index is 0. The predicted octanol–water partition coefficient (Wildman–Crippen LogP) is -9.34. The van der Waals surface area contributed by atoms with E-state index in [1.54, 1.807) is 19.0 Å². The molecule has 28 heavy (non-hydrogen) atoms. The summed E-state index contributed by atoms with van der Waals surface area (Å²) in [5.74, 6) is 0.232. The molecule has 0 bridgehead atoms. The number of aliphatic hydroxyl groups excluding tert-OH is 2. The van der Waals surface area contributed by atoms with E-state index in [9.17, 15) is 29.4 Å². The minimum atomic E-state index is -5.26. The van der Waals surface area contributed by atoms with Gasteiger partial charge in [0, 0.05) is 14.1 Å². The third kappa shape index (κ3) is 5.43. The van der Waals surface area contributed by atoms with E-state index < -0.39 is 44.5 Å². The van der Waals surface area contributed by atoms with Crippen molar-refractivity contribution in [2.45, 2.75) is 24.5 Å². The number of rotatable bonds is 5. The van der Waals surface area contributed by atoms with Crippen molar-refractivity contribution in [3.8, 4) is 0 Å². The number of ether oxygens (including phenoxy) is 1. The Bertz CT molecular complexity index is 917. The van der Waals surface area contributed by atoms with Gasteiger partial charge in [-0.25, -0.2) is 4.98 Å². The Hall–Kier alpha value is 0.140. The van der Waals surface area contributed by atoms with Crippen molar-refractivity contribution >= 4 is 24.9 Å². The first-order chi connectivity index (χ1) is 12.1.